The topological polar surface area (TPSA) is 71.8 Å². The van der Waals surface area contributed by atoms with Crippen LogP contribution in [0.1, 0.15) is 17.8 Å². The minimum absolute atomic E-state index is 0.0260. The number of nitrogens with zero attached hydrogens (tertiary/aromatic N) is 3. The lowest BCUT2D eigenvalue weighted by Gasteiger charge is -2.11. The second-order valence-electron chi connectivity index (χ2n) is 7.15. The Morgan fingerprint density at radius 2 is 1.47 bits per heavy atom. The molecule has 0 fully saturated rings. The highest BCUT2D eigenvalue weighted by Crippen LogP contribution is 2.23. The standard InChI is InChI=1S/C25H25N5OS/c31-24(27-18-20-10-4-1-5-11-20)16-17-32-25-29-28-23(19-26-21-12-6-2-7-13-21)30(25)22-14-8-3-9-15-22/h1-15,26H,16-19H2,(H,27,31). The highest BCUT2D eigenvalue weighted by molar-refractivity contribution is 7.99. The molecule has 7 heteroatoms. The predicted molar refractivity (Wildman–Crippen MR) is 129 cm³/mol. The predicted octanol–water partition coefficient (Wildman–Crippen LogP) is 4.68. The van der Waals surface area contributed by atoms with Gasteiger partial charge in [0, 0.05) is 30.1 Å². The van der Waals surface area contributed by atoms with Gasteiger partial charge in [-0.2, -0.15) is 0 Å². The Balaban J connectivity index is 1.38. The molecule has 0 unspecified atom stereocenters. The van der Waals surface area contributed by atoms with E-state index in [0.717, 1.165) is 27.9 Å². The van der Waals surface area contributed by atoms with Gasteiger partial charge in [-0.1, -0.05) is 78.5 Å². The number of thioether (sulfide) groups is 1. The normalized spacial score (nSPS) is 10.6. The fraction of sp³-hybridized carbons (Fsp3) is 0.160. The molecule has 0 aliphatic carbocycles. The maximum absolute atomic E-state index is 12.2. The number of anilines is 1. The van der Waals surface area contributed by atoms with E-state index in [1.54, 1.807) is 0 Å². The number of aromatic nitrogens is 3. The molecule has 0 radical (unpaired) electrons. The van der Waals surface area contributed by atoms with Crippen molar-refractivity contribution in [2.45, 2.75) is 24.7 Å². The zero-order valence-electron chi connectivity index (χ0n) is 17.6. The van der Waals surface area contributed by atoms with Crippen LogP contribution < -0.4 is 10.6 Å². The number of carbonyl (C=O) groups excluding carboxylic acids is 1. The van der Waals surface area contributed by atoms with Crippen LogP contribution in [0.5, 0.6) is 0 Å². The van der Waals surface area contributed by atoms with Crippen molar-refractivity contribution in [1.29, 1.82) is 0 Å². The minimum atomic E-state index is 0.0260. The average Bonchev–Trinajstić information content (AvgIpc) is 3.26. The first-order valence-corrected chi connectivity index (χ1v) is 11.5. The maximum Gasteiger partial charge on any atom is 0.221 e. The number of carbonyl (C=O) groups is 1. The summed E-state index contributed by atoms with van der Waals surface area (Å²) < 4.78 is 2.04. The van der Waals surface area contributed by atoms with Crippen molar-refractivity contribution in [3.05, 3.63) is 102 Å². The van der Waals surface area contributed by atoms with Crippen LogP contribution in [0.4, 0.5) is 5.69 Å². The number of nitrogens with one attached hydrogen (secondary N) is 2. The fourth-order valence-electron chi connectivity index (χ4n) is 3.20. The lowest BCUT2D eigenvalue weighted by molar-refractivity contribution is -0.120. The van der Waals surface area contributed by atoms with Crippen molar-refractivity contribution in [3.8, 4) is 5.69 Å². The fourth-order valence-corrected chi connectivity index (χ4v) is 4.11. The second kappa shape index (κ2) is 11.2. The number of amides is 1. The summed E-state index contributed by atoms with van der Waals surface area (Å²) in [7, 11) is 0. The zero-order chi connectivity index (χ0) is 22.0. The molecule has 6 nitrogen and oxygen atoms in total. The number of para-hydroxylation sites is 2. The molecule has 32 heavy (non-hydrogen) atoms. The van der Waals surface area contributed by atoms with E-state index in [9.17, 15) is 4.79 Å². The van der Waals surface area contributed by atoms with E-state index in [0.29, 0.717) is 25.3 Å². The maximum atomic E-state index is 12.2. The summed E-state index contributed by atoms with van der Waals surface area (Å²) in [6, 6.07) is 30.0. The first-order chi connectivity index (χ1) is 15.8. The molecular formula is C25H25N5OS. The summed E-state index contributed by atoms with van der Waals surface area (Å²) in [5, 5.41) is 15.9. The van der Waals surface area contributed by atoms with Crippen LogP contribution in [0.15, 0.2) is 96.2 Å². The lowest BCUT2D eigenvalue weighted by atomic mass is 10.2. The van der Waals surface area contributed by atoms with Gasteiger partial charge in [-0.3, -0.25) is 9.36 Å². The smallest absolute Gasteiger partial charge is 0.221 e. The second-order valence-corrected chi connectivity index (χ2v) is 8.21. The first kappa shape index (κ1) is 21.6. The van der Waals surface area contributed by atoms with E-state index >= 15 is 0 Å². The van der Waals surface area contributed by atoms with Crippen molar-refractivity contribution < 1.29 is 4.79 Å². The van der Waals surface area contributed by atoms with E-state index in [2.05, 4.69) is 20.8 Å². The molecule has 0 atom stereocenters. The van der Waals surface area contributed by atoms with Gasteiger partial charge < -0.3 is 10.6 Å². The Kier molecular flexibility index (Phi) is 7.55. The molecule has 0 bridgehead atoms. The summed E-state index contributed by atoms with van der Waals surface area (Å²) in [4.78, 5) is 12.2. The molecule has 1 heterocycles. The molecule has 3 aromatic carbocycles. The van der Waals surface area contributed by atoms with Gasteiger partial charge in [-0.05, 0) is 29.8 Å². The molecule has 0 spiro atoms. The van der Waals surface area contributed by atoms with E-state index in [-0.39, 0.29) is 5.91 Å². The molecule has 2 N–H and O–H groups in total. The molecule has 0 saturated carbocycles. The molecule has 4 rings (SSSR count). The van der Waals surface area contributed by atoms with Crippen molar-refractivity contribution in [2.24, 2.45) is 0 Å². The third kappa shape index (κ3) is 5.98. The lowest BCUT2D eigenvalue weighted by Crippen LogP contribution is -2.23. The van der Waals surface area contributed by atoms with Crippen LogP contribution in [-0.2, 0) is 17.9 Å². The van der Waals surface area contributed by atoms with Gasteiger partial charge in [0.2, 0.25) is 5.91 Å². The number of benzene rings is 3. The summed E-state index contributed by atoms with van der Waals surface area (Å²) in [5.41, 5.74) is 3.12. The summed E-state index contributed by atoms with van der Waals surface area (Å²) in [6.07, 6.45) is 0.413. The Morgan fingerprint density at radius 1 is 0.812 bits per heavy atom. The van der Waals surface area contributed by atoms with Gasteiger partial charge in [0.1, 0.15) is 0 Å². The van der Waals surface area contributed by atoms with Gasteiger partial charge in [0.05, 0.1) is 6.54 Å². The van der Waals surface area contributed by atoms with Crippen LogP contribution in [-0.4, -0.2) is 26.4 Å². The third-order valence-electron chi connectivity index (χ3n) is 4.83. The van der Waals surface area contributed by atoms with E-state index < -0.39 is 0 Å². The number of hydrogen-bond donors (Lipinski definition) is 2. The third-order valence-corrected chi connectivity index (χ3v) is 5.76. The summed E-state index contributed by atoms with van der Waals surface area (Å²) >= 11 is 1.54. The molecule has 162 valence electrons. The van der Waals surface area contributed by atoms with Gasteiger partial charge in [-0.15, -0.1) is 10.2 Å². The van der Waals surface area contributed by atoms with Crippen LogP contribution >= 0.6 is 11.8 Å². The van der Waals surface area contributed by atoms with Crippen LogP contribution in [0.2, 0.25) is 0 Å². The average molecular weight is 444 g/mol. The van der Waals surface area contributed by atoms with E-state index in [1.165, 1.54) is 11.8 Å². The molecule has 0 saturated heterocycles. The number of hydrogen-bond acceptors (Lipinski definition) is 5. The summed E-state index contributed by atoms with van der Waals surface area (Å²) in [6.45, 7) is 1.09. The Bertz CT molecular complexity index is 1120. The van der Waals surface area contributed by atoms with Crippen molar-refractivity contribution in [1.82, 2.24) is 20.1 Å². The van der Waals surface area contributed by atoms with Crippen molar-refractivity contribution in [3.63, 3.8) is 0 Å². The molecular weight excluding hydrogens is 418 g/mol. The van der Waals surface area contributed by atoms with Gasteiger partial charge >= 0.3 is 0 Å². The van der Waals surface area contributed by atoms with E-state index in [4.69, 9.17) is 0 Å². The highest BCUT2D eigenvalue weighted by atomic mass is 32.2. The largest absolute Gasteiger partial charge is 0.378 e. The minimum Gasteiger partial charge on any atom is -0.378 e. The zero-order valence-corrected chi connectivity index (χ0v) is 18.5. The quantitative estimate of drug-likeness (QED) is 0.348. The number of rotatable bonds is 10. The molecule has 1 amide bonds. The van der Waals surface area contributed by atoms with Gasteiger partial charge in [-0.25, -0.2) is 0 Å². The van der Waals surface area contributed by atoms with Gasteiger partial charge in [0.25, 0.3) is 0 Å². The Morgan fingerprint density at radius 3 is 2.19 bits per heavy atom. The molecule has 1 aromatic heterocycles. The first-order valence-electron chi connectivity index (χ1n) is 10.5. The van der Waals surface area contributed by atoms with Crippen molar-refractivity contribution in [2.75, 3.05) is 11.1 Å². The monoisotopic (exact) mass is 443 g/mol. The van der Waals surface area contributed by atoms with Crippen LogP contribution in [0.25, 0.3) is 5.69 Å². The molecule has 0 aliphatic rings. The Labute approximate surface area is 192 Å². The SMILES string of the molecule is O=C(CCSc1nnc(CNc2ccccc2)n1-c1ccccc1)NCc1ccccc1. The molecule has 4 aromatic rings. The van der Waals surface area contributed by atoms with Gasteiger partial charge in [0.15, 0.2) is 11.0 Å². The summed E-state index contributed by atoms with van der Waals surface area (Å²) in [5.74, 6) is 1.46. The van der Waals surface area contributed by atoms with Crippen LogP contribution in [0, 0.1) is 0 Å². The highest BCUT2D eigenvalue weighted by Gasteiger charge is 2.15. The Hall–Kier alpha value is -3.58. The van der Waals surface area contributed by atoms with E-state index in [1.807, 2.05) is 95.6 Å². The molecule has 0 aliphatic heterocycles. The van der Waals surface area contributed by atoms with Crippen LogP contribution in [0.3, 0.4) is 0 Å². The van der Waals surface area contributed by atoms with Crippen molar-refractivity contribution >= 4 is 23.4 Å².